The van der Waals surface area contributed by atoms with Crippen LogP contribution in [0.25, 0.3) is 0 Å². The van der Waals surface area contributed by atoms with E-state index in [9.17, 15) is 22.8 Å². The molecule has 3 aromatic rings. The molecule has 1 heterocycles. The molecule has 43 heavy (non-hydrogen) atoms. The second kappa shape index (κ2) is 16.3. The number of amides is 1. The molecule has 0 radical (unpaired) electrons. The first-order chi connectivity index (χ1) is 20.7. The second-order valence-electron chi connectivity index (χ2n) is 9.71. The van der Waals surface area contributed by atoms with Gasteiger partial charge in [0.2, 0.25) is 0 Å². The van der Waals surface area contributed by atoms with Gasteiger partial charge in [0.05, 0.1) is 12.2 Å². The minimum Gasteiger partial charge on any atom is -0.493 e. The Balaban J connectivity index is 0.000000353. The lowest BCUT2D eigenvalue weighted by molar-refractivity contribution is 0.0949. The third-order valence-corrected chi connectivity index (χ3v) is 7.66. The maximum atomic E-state index is 12.2. The van der Waals surface area contributed by atoms with E-state index in [0.717, 1.165) is 54.5 Å². The highest BCUT2D eigenvalue weighted by molar-refractivity contribution is 7.86. The van der Waals surface area contributed by atoms with Gasteiger partial charge in [0.25, 0.3) is 16.0 Å². The van der Waals surface area contributed by atoms with Gasteiger partial charge in [-0.25, -0.2) is 10.8 Å². The Kier molecular flexibility index (Phi) is 12.6. The lowest BCUT2D eigenvalue weighted by Crippen LogP contribution is -2.24. The number of carbonyl (C=O) groups excluding carboxylic acids is 3. The maximum absolute atomic E-state index is 12.2. The van der Waals surface area contributed by atoms with Gasteiger partial charge in [-0.1, -0.05) is 24.3 Å². The number of aldehydes is 1. The molecule has 1 aliphatic rings. The summed E-state index contributed by atoms with van der Waals surface area (Å²) in [7, 11) is -4.28. The summed E-state index contributed by atoms with van der Waals surface area (Å²) < 4.78 is 35.9. The maximum Gasteiger partial charge on any atom is 0.295 e. The minimum absolute atomic E-state index is 0.0417. The molecule has 0 unspecified atom stereocenters. The number of pyridine rings is 1. The number of anilines is 1. The number of nitrogens with zero attached hydrogens (tertiary/aromatic N) is 1. The highest BCUT2D eigenvalue weighted by Gasteiger charge is 2.22. The van der Waals surface area contributed by atoms with Gasteiger partial charge in [-0.3, -0.25) is 18.9 Å². The van der Waals surface area contributed by atoms with E-state index in [1.807, 2.05) is 18.2 Å². The third-order valence-electron chi connectivity index (χ3n) is 6.73. The molecule has 0 saturated heterocycles. The van der Waals surface area contributed by atoms with Crippen LogP contribution in [-0.2, 0) is 23.0 Å². The van der Waals surface area contributed by atoms with Gasteiger partial charge < -0.3 is 15.5 Å². The summed E-state index contributed by atoms with van der Waals surface area (Å²) in [5.41, 5.74) is 5.95. The first kappa shape index (κ1) is 33.1. The topological polar surface area (TPSA) is 178 Å². The van der Waals surface area contributed by atoms with E-state index in [4.69, 9.17) is 15.1 Å². The molecule has 11 nitrogen and oxygen atoms in total. The van der Waals surface area contributed by atoms with Crippen molar-refractivity contribution in [3.8, 4) is 5.75 Å². The summed E-state index contributed by atoms with van der Waals surface area (Å²) in [5.74, 6) is 6.71. The predicted octanol–water partition coefficient (Wildman–Crippen LogP) is 4.34. The Hall–Kier alpha value is -4.39. The summed E-state index contributed by atoms with van der Waals surface area (Å²) >= 11 is 0. The average molecular weight is 609 g/mol. The molecule has 228 valence electrons. The number of nitrogens with one attached hydrogen (secondary N) is 2. The number of hydrazine groups is 1. The largest absolute Gasteiger partial charge is 0.493 e. The standard InChI is InChI=1S/C24H30N4O3.C7H6O4S/c1-2-7-20-18-8-6-9-21(29)19(18)11-12-22(20)31-15-5-3-4-14-26-24(30)17-10-13-23(28-25)27-16-17;8-5-6-3-1-2-4-7(6)12(9,10)11/h2,10-13,16H,1,3-9,14-15,25H2,(H,26,30)(H,27,28);1-5H,(H,9,10,11). The van der Waals surface area contributed by atoms with Gasteiger partial charge >= 0.3 is 0 Å². The smallest absolute Gasteiger partial charge is 0.295 e. The summed E-state index contributed by atoms with van der Waals surface area (Å²) in [6, 6.07) is 12.6. The zero-order chi connectivity index (χ0) is 31.2. The number of fused-ring (bicyclic) bond motifs is 1. The van der Waals surface area contributed by atoms with Gasteiger partial charge in [0.15, 0.2) is 12.1 Å². The van der Waals surface area contributed by atoms with Gasteiger partial charge in [0.1, 0.15) is 16.5 Å². The minimum atomic E-state index is -4.28. The number of rotatable bonds is 13. The molecule has 4 rings (SSSR count). The number of carbonyl (C=O) groups is 3. The summed E-state index contributed by atoms with van der Waals surface area (Å²) in [6.07, 6.45) is 9.57. The van der Waals surface area contributed by atoms with Gasteiger partial charge in [-0.15, -0.1) is 6.58 Å². The van der Waals surface area contributed by atoms with Crippen LogP contribution in [0.4, 0.5) is 5.82 Å². The number of ether oxygens (including phenoxy) is 1. The Bertz CT molecular complexity index is 1540. The summed E-state index contributed by atoms with van der Waals surface area (Å²) in [4.78, 5) is 38.2. The monoisotopic (exact) mass is 608 g/mol. The van der Waals surface area contributed by atoms with Crippen LogP contribution in [0.3, 0.4) is 0 Å². The number of ketones is 1. The van der Waals surface area contributed by atoms with Crippen LogP contribution >= 0.6 is 0 Å². The van der Waals surface area contributed by atoms with Crippen LogP contribution in [0.2, 0.25) is 0 Å². The van der Waals surface area contributed by atoms with E-state index in [1.54, 1.807) is 12.1 Å². The first-order valence-corrected chi connectivity index (χ1v) is 15.3. The van der Waals surface area contributed by atoms with Crippen molar-refractivity contribution in [2.45, 2.75) is 49.8 Å². The lowest BCUT2D eigenvalue weighted by atomic mass is 9.86. The van der Waals surface area contributed by atoms with Crippen LogP contribution in [0.1, 0.15) is 74.3 Å². The molecule has 0 atom stereocenters. The Morgan fingerprint density at radius 2 is 1.88 bits per heavy atom. The number of hydrogen-bond acceptors (Lipinski definition) is 9. The van der Waals surface area contributed by atoms with E-state index >= 15 is 0 Å². The number of nitrogen functional groups attached to an aromatic ring is 1. The van der Waals surface area contributed by atoms with Crippen molar-refractivity contribution < 1.29 is 32.1 Å². The van der Waals surface area contributed by atoms with E-state index in [1.165, 1.54) is 30.5 Å². The predicted molar refractivity (Wildman–Crippen MR) is 163 cm³/mol. The number of Topliss-reactive ketones (excluding diaryl/α,β-unsaturated/α-hetero) is 1. The van der Waals surface area contributed by atoms with Crippen molar-refractivity contribution in [1.29, 1.82) is 0 Å². The fourth-order valence-electron chi connectivity index (χ4n) is 4.60. The zero-order valence-electron chi connectivity index (χ0n) is 23.8. The molecule has 2 aromatic carbocycles. The molecule has 0 bridgehead atoms. The van der Waals surface area contributed by atoms with Crippen molar-refractivity contribution in [3.63, 3.8) is 0 Å². The summed E-state index contributed by atoms with van der Waals surface area (Å²) in [5, 5.41) is 2.89. The number of allylic oxidation sites excluding steroid dienone is 1. The molecule has 0 fully saturated rings. The number of aromatic nitrogens is 1. The van der Waals surface area contributed by atoms with Crippen LogP contribution in [0.15, 0.2) is 72.3 Å². The average Bonchev–Trinajstić information content (AvgIpc) is 3.01. The Labute approximate surface area is 251 Å². The molecule has 1 aliphatic carbocycles. The van der Waals surface area contributed by atoms with Crippen molar-refractivity contribution in [3.05, 3.63) is 95.2 Å². The molecular weight excluding hydrogens is 572 g/mol. The molecule has 1 aromatic heterocycles. The van der Waals surface area contributed by atoms with E-state index in [0.29, 0.717) is 43.7 Å². The Morgan fingerprint density at radius 1 is 1.09 bits per heavy atom. The lowest BCUT2D eigenvalue weighted by Gasteiger charge is -2.21. The zero-order valence-corrected chi connectivity index (χ0v) is 24.6. The molecule has 0 saturated carbocycles. The molecular formula is C31H36N4O7S. The molecule has 12 heteroatoms. The van der Waals surface area contributed by atoms with Crippen molar-refractivity contribution in [2.24, 2.45) is 5.84 Å². The van der Waals surface area contributed by atoms with Crippen molar-refractivity contribution in [1.82, 2.24) is 10.3 Å². The van der Waals surface area contributed by atoms with Gasteiger partial charge in [-0.05, 0) is 74.4 Å². The Morgan fingerprint density at radius 3 is 2.53 bits per heavy atom. The number of nitrogens with two attached hydrogens (primary N) is 1. The van der Waals surface area contributed by atoms with E-state index in [-0.39, 0.29) is 22.1 Å². The van der Waals surface area contributed by atoms with Crippen LogP contribution < -0.4 is 21.3 Å². The van der Waals surface area contributed by atoms with Gasteiger partial charge in [0, 0.05) is 35.9 Å². The normalized spacial score (nSPS) is 12.3. The fraction of sp³-hybridized carbons (Fsp3) is 0.290. The number of unbranched alkanes of at least 4 members (excludes halogenated alkanes) is 2. The number of benzene rings is 2. The molecule has 1 amide bonds. The molecule has 5 N–H and O–H groups in total. The van der Waals surface area contributed by atoms with E-state index < -0.39 is 10.1 Å². The highest BCUT2D eigenvalue weighted by Crippen LogP contribution is 2.32. The van der Waals surface area contributed by atoms with Crippen molar-refractivity contribution in [2.75, 3.05) is 18.6 Å². The molecule has 0 aliphatic heterocycles. The van der Waals surface area contributed by atoms with Crippen LogP contribution in [0, 0.1) is 0 Å². The van der Waals surface area contributed by atoms with Crippen LogP contribution in [0.5, 0.6) is 5.75 Å². The van der Waals surface area contributed by atoms with E-state index in [2.05, 4.69) is 22.3 Å². The highest BCUT2D eigenvalue weighted by atomic mass is 32.2. The fourth-order valence-corrected chi connectivity index (χ4v) is 5.26. The first-order valence-electron chi connectivity index (χ1n) is 13.8. The second-order valence-corrected chi connectivity index (χ2v) is 11.1. The number of hydrogen-bond donors (Lipinski definition) is 4. The summed E-state index contributed by atoms with van der Waals surface area (Å²) in [6.45, 7) is 5.05. The SMILES string of the molecule is C=CCc1c(OCCCCCNC(=O)c2ccc(NN)nc2)ccc2c1CCCC2=O.O=Cc1ccccc1S(=O)(=O)O. The van der Waals surface area contributed by atoms with Gasteiger partial charge in [-0.2, -0.15) is 8.42 Å². The van der Waals surface area contributed by atoms with Crippen LogP contribution in [-0.4, -0.2) is 49.1 Å². The molecule has 0 spiro atoms. The quantitative estimate of drug-likeness (QED) is 0.0545. The van der Waals surface area contributed by atoms with Crippen molar-refractivity contribution >= 4 is 33.9 Å². The third kappa shape index (κ3) is 9.57.